The Morgan fingerprint density at radius 1 is 1.38 bits per heavy atom. The summed E-state index contributed by atoms with van der Waals surface area (Å²) in [5, 5.41) is 4.44. The van der Waals surface area contributed by atoms with Gasteiger partial charge in [0.25, 0.3) is 5.91 Å². The molecule has 1 aliphatic rings. The molecule has 3 rings (SSSR count). The minimum Gasteiger partial charge on any atom is -0.337 e. The fourth-order valence-corrected chi connectivity index (χ4v) is 3.55. The standard InChI is InChI=1S/C18H21ClFN3O/c1-22-17(16(19)11-21-22)18(24)23-10-2-3-14(12-23)5-4-13-6-8-15(20)9-7-13/h6-9,11,14H,2-5,10,12H2,1H3/t14-/m1/s1. The van der Waals surface area contributed by atoms with Crippen molar-refractivity contribution in [2.75, 3.05) is 13.1 Å². The summed E-state index contributed by atoms with van der Waals surface area (Å²) in [6.07, 6.45) is 5.51. The molecule has 1 saturated heterocycles. The van der Waals surface area contributed by atoms with E-state index in [9.17, 15) is 9.18 Å². The van der Waals surface area contributed by atoms with E-state index < -0.39 is 0 Å². The first-order valence-electron chi connectivity index (χ1n) is 8.26. The van der Waals surface area contributed by atoms with Crippen molar-refractivity contribution in [1.82, 2.24) is 14.7 Å². The first-order valence-corrected chi connectivity index (χ1v) is 8.63. The van der Waals surface area contributed by atoms with Crippen LogP contribution in [0.5, 0.6) is 0 Å². The van der Waals surface area contributed by atoms with E-state index in [4.69, 9.17) is 11.6 Å². The largest absolute Gasteiger partial charge is 0.337 e. The molecule has 0 bridgehead atoms. The van der Waals surface area contributed by atoms with Crippen molar-refractivity contribution < 1.29 is 9.18 Å². The average Bonchev–Trinajstić information content (AvgIpc) is 2.93. The summed E-state index contributed by atoms with van der Waals surface area (Å²) in [4.78, 5) is 14.6. The maximum Gasteiger partial charge on any atom is 0.273 e. The van der Waals surface area contributed by atoms with Crippen LogP contribution in [-0.4, -0.2) is 33.7 Å². The second-order valence-corrected chi connectivity index (χ2v) is 6.80. The highest BCUT2D eigenvalue weighted by Crippen LogP contribution is 2.24. The van der Waals surface area contributed by atoms with Crippen molar-refractivity contribution in [2.45, 2.75) is 25.7 Å². The van der Waals surface area contributed by atoms with Gasteiger partial charge in [0.2, 0.25) is 0 Å². The highest BCUT2D eigenvalue weighted by atomic mass is 35.5. The van der Waals surface area contributed by atoms with Crippen molar-refractivity contribution in [2.24, 2.45) is 13.0 Å². The van der Waals surface area contributed by atoms with Crippen LogP contribution < -0.4 is 0 Å². The Balaban J connectivity index is 1.60. The van der Waals surface area contributed by atoms with Crippen LogP contribution in [0.25, 0.3) is 0 Å². The van der Waals surface area contributed by atoms with E-state index >= 15 is 0 Å². The molecule has 1 fully saturated rings. The van der Waals surface area contributed by atoms with Gasteiger partial charge in [0.05, 0.1) is 11.2 Å². The summed E-state index contributed by atoms with van der Waals surface area (Å²) in [5.41, 5.74) is 1.59. The number of nitrogens with zero attached hydrogens (tertiary/aromatic N) is 3. The summed E-state index contributed by atoms with van der Waals surface area (Å²) in [6.45, 7) is 1.49. The second-order valence-electron chi connectivity index (χ2n) is 6.39. The van der Waals surface area contributed by atoms with E-state index in [1.165, 1.54) is 23.0 Å². The number of aromatic nitrogens is 2. The van der Waals surface area contributed by atoms with Gasteiger partial charge >= 0.3 is 0 Å². The Morgan fingerprint density at radius 2 is 2.12 bits per heavy atom. The lowest BCUT2D eigenvalue weighted by Crippen LogP contribution is -2.40. The molecule has 1 aliphatic heterocycles. The zero-order valence-corrected chi connectivity index (χ0v) is 14.5. The number of hydrogen-bond acceptors (Lipinski definition) is 2. The Hall–Kier alpha value is -1.88. The molecule has 0 spiro atoms. The predicted molar refractivity (Wildman–Crippen MR) is 91.6 cm³/mol. The van der Waals surface area contributed by atoms with Crippen molar-refractivity contribution in [3.63, 3.8) is 0 Å². The monoisotopic (exact) mass is 349 g/mol. The summed E-state index contributed by atoms with van der Waals surface area (Å²) >= 11 is 6.09. The Morgan fingerprint density at radius 3 is 2.79 bits per heavy atom. The van der Waals surface area contributed by atoms with Gasteiger partial charge in [-0.15, -0.1) is 0 Å². The molecule has 0 radical (unpaired) electrons. The number of piperidine rings is 1. The van der Waals surface area contributed by atoms with Gasteiger partial charge in [0.1, 0.15) is 11.5 Å². The van der Waals surface area contributed by atoms with Gasteiger partial charge in [-0.25, -0.2) is 4.39 Å². The van der Waals surface area contributed by atoms with Crippen molar-refractivity contribution in [3.8, 4) is 0 Å². The van der Waals surface area contributed by atoms with Crippen LogP contribution in [0, 0.1) is 11.7 Å². The van der Waals surface area contributed by atoms with Gasteiger partial charge in [-0.2, -0.15) is 5.10 Å². The molecule has 4 nitrogen and oxygen atoms in total. The van der Waals surface area contributed by atoms with E-state index in [0.29, 0.717) is 16.6 Å². The summed E-state index contributed by atoms with van der Waals surface area (Å²) in [5.74, 6) is 0.201. The fraction of sp³-hybridized carbons (Fsp3) is 0.444. The minimum absolute atomic E-state index is 0.0496. The highest BCUT2D eigenvalue weighted by Gasteiger charge is 2.27. The fourth-order valence-electron chi connectivity index (χ4n) is 3.31. The molecule has 6 heteroatoms. The summed E-state index contributed by atoms with van der Waals surface area (Å²) in [6, 6.07) is 6.65. The van der Waals surface area contributed by atoms with Gasteiger partial charge < -0.3 is 4.90 Å². The smallest absolute Gasteiger partial charge is 0.273 e. The zero-order valence-electron chi connectivity index (χ0n) is 13.7. The van der Waals surface area contributed by atoms with Gasteiger partial charge in [-0.1, -0.05) is 23.7 Å². The van der Waals surface area contributed by atoms with Crippen LogP contribution in [0.15, 0.2) is 30.5 Å². The molecule has 24 heavy (non-hydrogen) atoms. The molecule has 0 saturated carbocycles. The third-order valence-electron chi connectivity index (χ3n) is 4.66. The normalized spacial score (nSPS) is 18.0. The number of rotatable bonds is 4. The number of hydrogen-bond donors (Lipinski definition) is 0. The number of aryl methyl sites for hydroxylation is 2. The Bertz CT molecular complexity index is 694. The lowest BCUT2D eigenvalue weighted by atomic mass is 9.91. The van der Waals surface area contributed by atoms with Crippen LogP contribution in [0.4, 0.5) is 4.39 Å². The molecule has 0 unspecified atom stereocenters. The topological polar surface area (TPSA) is 38.1 Å². The van der Waals surface area contributed by atoms with Crippen molar-refractivity contribution >= 4 is 17.5 Å². The molecule has 0 aliphatic carbocycles. The van der Waals surface area contributed by atoms with Crippen molar-refractivity contribution in [1.29, 1.82) is 0 Å². The first-order chi connectivity index (χ1) is 11.5. The third kappa shape index (κ3) is 3.78. The van der Waals surface area contributed by atoms with E-state index in [-0.39, 0.29) is 11.7 Å². The number of carbonyl (C=O) groups is 1. The molecule has 1 amide bonds. The molecule has 1 aromatic carbocycles. The number of amides is 1. The van der Waals surface area contributed by atoms with Gasteiger partial charge in [0.15, 0.2) is 0 Å². The van der Waals surface area contributed by atoms with E-state index in [1.54, 1.807) is 7.05 Å². The number of benzene rings is 1. The number of likely N-dealkylation sites (tertiary alicyclic amines) is 1. The molecular weight excluding hydrogens is 329 g/mol. The van der Waals surface area contributed by atoms with E-state index in [1.807, 2.05) is 17.0 Å². The molecule has 1 aromatic heterocycles. The van der Waals surface area contributed by atoms with E-state index in [2.05, 4.69) is 5.10 Å². The van der Waals surface area contributed by atoms with Crippen LogP contribution in [0.2, 0.25) is 5.02 Å². The van der Waals surface area contributed by atoms with Crippen LogP contribution in [0.1, 0.15) is 35.3 Å². The van der Waals surface area contributed by atoms with Crippen LogP contribution >= 0.6 is 11.6 Å². The molecule has 1 atom stereocenters. The lowest BCUT2D eigenvalue weighted by Gasteiger charge is -2.33. The molecular formula is C18H21ClFN3O. The quantitative estimate of drug-likeness (QED) is 0.844. The van der Waals surface area contributed by atoms with Gasteiger partial charge in [0, 0.05) is 20.1 Å². The molecule has 2 heterocycles. The zero-order chi connectivity index (χ0) is 17.1. The molecule has 128 valence electrons. The first kappa shape index (κ1) is 17.0. The number of halogens is 2. The number of carbonyl (C=O) groups excluding carboxylic acids is 1. The van der Waals surface area contributed by atoms with Crippen LogP contribution in [0.3, 0.4) is 0 Å². The van der Waals surface area contributed by atoms with Gasteiger partial charge in [-0.05, 0) is 49.3 Å². The maximum absolute atomic E-state index is 13.0. The predicted octanol–water partition coefficient (Wildman–Crippen LogP) is 3.70. The Labute approximate surface area is 146 Å². The average molecular weight is 350 g/mol. The Kier molecular flexibility index (Phi) is 5.19. The summed E-state index contributed by atoms with van der Waals surface area (Å²) in [7, 11) is 1.73. The van der Waals surface area contributed by atoms with Gasteiger partial charge in [-0.3, -0.25) is 9.48 Å². The second kappa shape index (κ2) is 7.34. The molecule has 0 N–H and O–H groups in total. The third-order valence-corrected chi connectivity index (χ3v) is 4.93. The van der Waals surface area contributed by atoms with Crippen LogP contribution in [-0.2, 0) is 13.5 Å². The molecule has 2 aromatic rings. The van der Waals surface area contributed by atoms with E-state index in [0.717, 1.165) is 44.3 Å². The lowest BCUT2D eigenvalue weighted by molar-refractivity contribution is 0.0657. The minimum atomic E-state index is -0.207. The SMILES string of the molecule is Cn1ncc(Cl)c1C(=O)N1CCC[C@H](CCc2ccc(F)cc2)C1. The van der Waals surface area contributed by atoms with Crippen molar-refractivity contribution in [3.05, 3.63) is 52.6 Å². The maximum atomic E-state index is 13.0. The summed E-state index contributed by atoms with van der Waals surface area (Å²) < 4.78 is 14.5. The highest BCUT2D eigenvalue weighted by molar-refractivity contribution is 6.33.